The highest BCUT2D eigenvalue weighted by Gasteiger charge is 2.16. The van der Waals surface area contributed by atoms with Gasteiger partial charge in [-0.05, 0) is 55.5 Å². The molecule has 0 unspecified atom stereocenters. The van der Waals surface area contributed by atoms with Gasteiger partial charge in [0.2, 0.25) is 0 Å². The number of carbonyl (C=O) groups is 1. The number of rotatable bonds is 5. The van der Waals surface area contributed by atoms with Crippen LogP contribution in [0.2, 0.25) is 5.02 Å². The predicted octanol–water partition coefficient (Wildman–Crippen LogP) is 3.69. The molecule has 2 N–H and O–H groups in total. The second kappa shape index (κ2) is 7.19. The van der Waals surface area contributed by atoms with Crippen molar-refractivity contribution in [3.8, 4) is 0 Å². The molecule has 0 aliphatic rings. The molecule has 0 aliphatic heterocycles. The van der Waals surface area contributed by atoms with Crippen molar-refractivity contribution >= 4 is 39.0 Å². The molecule has 0 atom stereocenters. The van der Waals surface area contributed by atoms with E-state index in [0.717, 1.165) is 0 Å². The Morgan fingerprint density at radius 2 is 1.73 bits per heavy atom. The fourth-order valence-electron chi connectivity index (χ4n) is 2.13. The Hall–Kier alpha value is -2.84. The number of carbonyl (C=O) groups excluding carboxylic acids is 1. The van der Waals surface area contributed by atoms with Gasteiger partial charge in [0.1, 0.15) is 5.76 Å². The van der Waals surface area contributed by atoms with Gasteiger partial charge in [-0.1, -0.05) is 16.8 Å². The summed E-state index contributed by atoms with van der Waals surface area (Å²) < 4.78 is 32.1. The van der Waals surface area contributed by atoms with Gasteiger partial charge in [-0.3, -0.25) is 9.52 Å². The third-order valence-electron chi connectivity index (χ3n) is 3.39. The minimum atomic E-state index is -3.78. The molecule has 0 bridgehead atoms. The lowest BCUT2D eigenvalue weighted by molar-refractivity contribution is 0.102. The lowest BCUT2D eigenvalue weighted by Gasteiger charge is -2.09. The maximum atomic E-state index is 12.4. The molecule has 1 aromatic heterocycles. The van der Waals surface area contributed by atoms with Crippen molar-refractivity contribution in [2.45, 2.75) is 11.8 Å². The molecule has 1 amide bonds. The molecule has 134 valence electrons. The minimum absolute atomic E-state index is 0.0290. The van der Waals surface area contributed by atoms with E-state index in [-0.39, 0.29) is 16.3 Å². The van der Waals surface area contributed by atoms with Gasteiger partial charge in [0.05, 0.1) is 4.90 Å². The molecule has 0 saturated carbocycles. The quantitative estimate of drug-likeness (QED) is 0.690. The van der Waals surface area contributed by atoms with Crippen LogP contribution in [0.4, 0.5) is 11.5 Å². The van der Waals surface area contributed by atoms with Gasteiger partial charge in [-0.2, -0.15) is 0 Å². The smallest absolute Gasteiger partial charge is 0.261 e. The topological polar surface area (TPSA) is 101 Å². The molecule has 0 aliphatic carbocycles. The summed E-state index contributed by atoms with van der Waals surface area (Å²) in [5.74, 6) is 0.427. The zero-order valence-corrected chi connectivity index (χ0v) is 15.1. The summed E-state index contributed by atoms with van der Waals surface area (Å²) in [7, 11) is -3.78. The standard InChI is InChI=1S/C17H14ClN3O4S/c1-11-10-16(20-25-11)19-17(22)12-2-8-15(9-3-12)26(23,24)21-14-6-4-13(18)5-7-14/h2-10,21H,1H3,(H,19,20,22). The number of benzene rings is 2. The molecule has 0 spiro atoms. The van der Waals surface area contributed by atoms with Crippen LogP contribution in [0.15, 0.2) is 64.0 Å². The predicted molar refractivity (Wildman–Crippen MR) is 97.9 cm³/mol. The number of aromatic nitrogens is 1. The van der Waals surface area contributed by atoms with E-state index in [9.17, 15) is 13.2 Å². The van der Waals surface area contributed by atoms with Crippen molar-refractivity contribution in [1.82, 2.24) is 5.16 Å². The normalized spacial score (nSPS) is 11.2. The van der Waals surface area contributed by atoms with Crippen molar-refractivity contribution < 1.29 is 17.7 Å². The van der Waals surface area contributed by atoms with Crippen LogP contribution in [0.25, 0.3) is 0 Å². The van der Waals surface area contributed by atoms with Gasteiger partial charge >= 0.3 is 0 Å². The second-order valence-corrected chi connectivity index (χ2v) is 7.53. The largest absolute Gasteiger partial charge is 0.360 e. The average molecular weight is 392 g/mol. The van der Waals surface area contributed by atoms with Crippen molar-refractivity contribution in [1.29, 1.82) is 0 Å². The summed E-state index contributed by atoms with van der Waals surface area (Å²) in [5.41, 5.74) is 0.675. The zero-order valence-electron chi connectivity index (χ0n) is 13.6. The number of sulfonamides is 1. The summed E-state index contributed by atoms with van der Waals surface area (Å²) in [5, 5.41) is 6.74. The highest BCUT2D eigenvalue weighted by atomic mass is 35.5. The van der Waals surface area contributed by atoms with E-state index in [4.69, 9.17) is 16.1 Å². The lowest BCUT2D eigenvalue weighted by Crippen LogP contribution is -2.15. The molecule has 2 aromatic carbocycles. The second-order valence-electron chi connectivity index (χ2n) is 5.41. The summed E-state index contributed by atoms with van der Waals surface area (Å²) in [4.78, 5) is 12.2. The van der Waals surface area contributed by atoms with E-state index < -0.39 is 15.9 Å². The Morgan fingerprint density at radius 1 is 1.08 bits per heavy atom. The van der Waals surface area contributed by atoms with Gasteiger partial charge < -0.3 is 9.84 Å². The molecule has 0 fully saturated rings. The third kappa shape index (κ3) is 4.22. The van der Waals surface area contributed by atoms with Crippen LogP contribution in [0.3, 0.4) is 0 Å². The van der Waals surface area contributed by atoms with Crippen molar-refractivity contribution in [2.24, 2.45) is 0 Å². The third-order valence-corrected chi connectivity index (χ3v) is 5.04. The molecule has 9 heteroatoms. The van der Waals surface area contributed by atoms with Crippen molar-refractivity contribution in [3.05, 3.63) is 70.9 Å². The van der Waals surface area contributed by atoms with Gasteiger partial charge in [0, 0.05) is 22.3 Å². The molecule has 3 rings (SSSR count). The molecule has 0 saturated heterocycles. The zero-order chi connectivity index (χ0) is 18.7. The molecule has 3 aromatic rings. The summed E-state index contributed by atoms with van der Waals surface area (Å²) in [6.07, 6.45) is 0. The van der Waals surface area contributed by atoms with Gasteiger partial charge in [-0.25, -0.2) is 8.42 Å². The van der Waals surface area contributed by atoms with E-state index in [2.05, 4.69) is 15.2 Å². The van der Waals surface area contributed by atoms with Crippen LogP contribution in [0, 0.1) is 6.92 Å². The first-order chi connectivity index (χ1) is 12.3. The van der Waals surface area contributed by atoms with Gasteiger partial charge in [0.15, 0.2) is 5.82 Å². The monoisotopic (exact) mass is 391 g/mol. The number of hydrogen-bond donors (Lipinski definition) is 2. The maximum absolute atomic E-state index is 12.4. The van der Waals surface area contributed by atoms with E-state index in [1.165, 1.54) is 24.3 Å². The number of anilines is 2. The van der Waals surface area contributed by atoms with Crippen LogP contribution >= 0.6 is 11.6 Å². The maximum Gasteiger partial charge on any atom is 0.261 e. The molecular formula is C17H14ClN3O4S. The van der Waals surface area contributed by atoms with E-state index in [1.54, 1.807) is 37.3 Å². The molecule has 26 heavy (non-hydrogen) atoms. The van der Waals surface area contributed by atoms with E-state index >= 15 is 0 Å². The van der Waals surface area contributed by atoms with E-state index in [0.29, 0.717) is 16.5 Å². The molecule has 7 nitrogen and oxygen atoms in total. The molecule has 1 heterocycles. The fraction of sp³-hybridized carbons (Fsp3) is 0.0588. The SMILES string of the molecule is Cc1cc(NC(=O)c2ccc(S(=O)(=O)Nc3ccc(Cl)cc3)cc2)no1. The van der Waals surface area contributed by atoms with Crippen LogP contribution in [-0.2, 0) is 10.0 Å². The molecular weight excluding hydrogens is 378 g/mol. The fourth-order valence-corrected chi connectivity index (χ4v) is 3.32. The molecule has 0 radical (unpaired) electrons. The highest BCUT2D eigenvalue weighted by Crippen LogP contribution is 2.19. The Morgan fingerprint density at radius 3 is 2.31 bits per heavy atom. The van der Waals surface area contributed by atoms with Crippen molar-refractivity contribution in [3.63, 3.8) is 0 Å². The summed E-state index contributed by atoms with van der Waals surface area (Å²) in [6, 6.07) is 13.4. The number of nitrogens with one attached hydrogen (secondary N) is 2. The van der Waals surface area contributed by atoms with Gasteiger partial charge in [0.25, 0.3) is 15.9 Å². The Kier molecular flexibility index (Phi) is 4.97. The van der Waals surface area contributed by atoms with Crippen LogP contribution in [0.5, 0.6) is 0 Å². The number of nitrogens with zero attached hydrogens (tertiary/aromatic N) is 1. The van der Waals surface area contributed by atoms with Crippen LogP contribution < -0.4 is 10.0 Å². The number of hydrogen-bond acceptors (Lipinski definition) is 5. The summed E-state index contributed by atoms with van der Waals surface area (Å²) >= 11 is 5.78. The van der Waals surface area contributed by atoms with Gasteiger partial charge in [-0.15, -0.1) is 0 Å². The first-order valence-electron chi connectivity index (χ1n) is 7.47. The Bertz CT molecular complexity index is 1030. The van der Waals surface area contributed by atoms with Crippen LogP contribution in [0.1, 0.15) is 16.1 Å². The first kappa shape index (κ1) is 18.0. The minimum Gasteiger partial charge on any atom is -0.360 e. The van der Waals surface area contributed by atoms with E-state index in [1.807, 2.05) is 0 Å². The van der Waals surface area contributed by atoms with Crippen molar-refractivity contribution in [2.75, 3.05) is 10.0 Å². The van der Waals surface area contributed by atoms with Crippen LogP contribution in [-0.4, -0.2) is 19.5 Å². The number of halogens is 1. The highest BCUT2D eigenvalue weighted by molar-refractivity contribution is 7.92. The number of aryl methyl sites for hydroxylation is 1. The summed E-state index contributed by atoms with van der Waals surface area (Å²) in [6.45, 7) is 1.70. The Labute approximate surface area is 155 Å². The first-order valence-corrected chi connectivity index (χ1v) is 9.33. The number of amides is 1. The lowest BCUT2D eigenvalue weighted by atomic mass is 10.2. The Balaban J connectivity index is 1.73. The average Bonchev–Trinajstić information content (AvgIpc) is 3.02.